The maximum absolute atomic E-state index is 12.8. The van der Waals surface area contributed by atoms with Gasteiger partial charge in [-0.15, -0.1) is 13.2 Å². The summed E-state index contributed by atoms with van der Waals surface area (Å²) in [5.74, 6) is 0.647. The lowest BCUT2D eigenvalue weighted by Crippen LogP contribution is -2.46. The summed E-state index contributed by atoms with van der Waals surface area (Å²) in [6, 6.07) is 16.9. The Morgan fingerprint density at radius 3 is 2.26 bits per heavy atom. The SMILES string of the molecule is C[C@@H](c1ccccc1)C1CCN(C[C@H](c2cccc(OC(F)(F)F)c2)C2(O)CCCCC2)CC1. The van der Waals surface area contributed by atoms with Crippen LogP contribution in [0.25, 0.3) is 0 Å². The van der Waals surface area contributed by atoms with Gasteiger partial charge in [0.15, 0.2) is 0 Å². The highest BCUT2D eigenvalue weighted by Gasteiger charge is 2.40. The van der Waals surface area contributed by atoms with Crippen LogP contribution >= 0.6 is 0 Å². The number of halogens is 3. The lowest BCUT2D eigenvalue weighted by atomic mass is 9.72. The number of likely N-dealkylation sites (tertiary alicyclic amines) is 1. The van der Waals surface area contributed by atoms with Gasteiger partial charge < -0.3 is 14.7 Å². The molecule has 0 radical (unpaired) electrons. The Kier molecular flexibility index (Phi) is 7.88. The number of hydrogen-bond donors (Lipinski definition) is 1. The summed E-state index contributed by atoms with van der Waals surface area (Å²) >= 11 is 0. The molecule has 3 nitrogen and oxygen atoms in total. The van der Waals surface area contributed by atoms with Gasteiger partial charge in [0, 0.05) is 12.5 Å². The molecule has 6 heteroatoms. The van der Waals surface area contributed by atoms with E-state index in [-0.39, 0.29) is 11.7 Å². The van der Waals surface area contributed by atoms with Crippen molar-refractivity contribution in [2.24, 2.45) is 5.92 Å². The van der Waals surface area contributed by atoms with Crippen LogP contribution in [0.15, 0.2) is 54.6 Å². The first-order valence-corrected chi connectivity index (χ1v) is 12.6. The first kappa shape index (κ1) is 25.1. The quantitative estimate of drug-likeness (QED) is 0.474. The second kappa shape index (κ2) is 10.7. The zero-order chi connectivity index (χ0) is 24.2. The van der Waals surface area contributed by atoms with E-state index in [9.17, 15) is 18.3 Å². The molecule has 2 atom stereocenters. The third-order valence-electron chi connectivity index (χ3n) is 7.97. The Labute approximate surface area is 200 Å². The molecule has 2 aliphatic rings. The summed E-state index contributed by atoms with van der Waals surface area (Å²) in [5.41, 5.74) is 1.20. The molecule has 2 aromatic carbocycles. The maximum Gasteiger partial charge on any atom is 0.573 e. The molecule has 34 heavy (non-hydrogen) atoms. The van der Waals surface area contributed by atoms with Crippen LogP contribution in [0.1, 0.15) is 74.8 Å². The minimum absolute atomic E-state index is 0.218. The minimum atomic E-state index is -4.73. The van der Waals surface area contributed by atoms with Crippen molar-refractivity contribution in [2.75, 3.05) is 19.6 Å². The molecular weight excluding hydrogens is 439 g/mol. The highest BCUT2D eigenvalue weighted by atomic mass is 19.4. The summed E-state index contributed by atoms with van der Waals surface area (Å²) in [4.78, 5) is 2.39. The smallest absolute Gasteiger partial charge is 0.406 e. The Balaban J connectivity index is 1.47. The second-order valence-corrected chi connectivity index (χ2v) is 10.2. The van der Waals surface area contributed by atoms with Gasteiger partial charge in [0.1, 0.15) is 5.75 Å². The molecule has 0 bridgehead atoms. The standard InChI is InChI=1S/C28H36F3NO2/c1-21(22-9-4-2-5-10-22)23-13-17-32(18-14-23)20-26(27(33)15-6-3-7-16-27)24-11-8-12-25(19-24)34-28(29,30)31/h2,4-5,8-12,19,21,23,26,33H,3,6-7,13-18,20H2,1H3/t21-,26+/m0/s1. The van der Waals surface area contributed by atoms with Crippen LogP contribution in [0.3, 0.4) is 0 Å². The molecule has 1 heterocycles. The average Bonchev–Trinajstić information content (AvgIpc) is 2.82. The van der Waals surface area contributed by atoms with Crippen LogP contribution in [0.4, 0.5) is 13.2 Å². The largest absolute Gasteiger partial charge is 0.573 e. The summed E-state index contributed by atoms with van der Waals surface area (Å²) < 4.78 is 42.7. The molecule has 2 fully saturated rings. The van der Waals surface area contributed by atoms with E-state index < -0.39 is 12.0 Å². The third-order valence-corrected chi connectivity index (χ3v) is 7.97. The van der Waals surface area contributed by atoms with Crippen LogP contribution in [-0.4, -0.2) is 41.6 Å². The number of alkyl halides is 3. The van der Waals surface area contributed by atoms with Gasteiger partial charge >= 0.3 is 6.36 Å². The predicted molar refractivity (Wildman–Crippen MR) is 128 cm³/mol. The second-order valence-electron chi connectivity index (χ2n) is 10.2. The van der Waals surface area contributed by atoms with Crippen LogP contribution in [-0.2, 0) is 0 Å². The van der Waals surface area contributed by atoms with Crippen molar-refractivity contribution in [1.82, 2.24) is 4.90 Å². The fraction of sp³-hybridized carbons (Fsp3) is 0.571. The number of rotatable bonds is 7. The number of ether oxygens (including phenoxy) is 1. The Hall–Kier alpha value is -2.05. The fourth-order valence-corrected chi connectivity index (χ4v) is 5.95. The fourth-order valence-electron chi connectivity index (χ4n) is 5.95. The highest BCUT2D eigenvalue weighted by Crippen LogP contribution is 2.42. The number of nitrogens with zero attached hydrogens (tertiary/aromatic N) is 1. The van der Waals surface area contributed by atoms with Gasteiger partial charge in [-0.05, 0) is 73.9 Å². The number of piperidine rings is 1. The van der Waals surface area contributed by atoms with Crippen molar-refractivity contribution in [3.05, 3.63) is 65.7 Å². The number of aliphatic hydroxyl groups is 1. The van der Waals surface area contributed by atoms with Gasteiger partial charge in [-0.3, -0.25) is 0 Å². The zero-order valence-corrected chi connectivity index (χ0v) is 19.9. The van der Waals surface area contributed by atoms with Crippen molar-refractivity contribution in [1.29, 1.82) is 0 Å². The van der Waals surface area contributed by atoms with Crippen molar-refractivity contribution in [3.63, 3.8) is 0 Å². The molecule has 1 aliphatic heterocycles. The van der Waals surface area contributed by atoms with E-state index in [4.69, 9.17) is 0 Å². The van der Waals surface area contributed by atoms with Crippen molar-refractivity contribution < 1.29 is 23.0 Å². The van der Waals surface area contributed by atoms with E-state index in [1.54, 1.807) is 6.07 Å². The van der Waals surface area contributed by atoms with Gasteiger partial charge in [-0.25, -0.2) is 0 Å². The highest BCUT2D eigenvalue weighted by molar-refractivity contribution is 5.33. The molecule has 1 N–H and O–H groups in total. The molecule has 1 aliphatic carbocycles. The Bertz CT molecular complexity index is 903. The van der Waals surface area contributed by atoms with E-state index in [1.165, 1.54) is 17.7 Å². The molecule has 4 rings (SSSR count). The molecule has 0 unspecified atom stereocenters. The predicted octanol–water partition coefficient (Wildman–Crippen LogP) is 6.88. The van der Waals surface area contributed by atoms with Gasteiger partial charge in [0.25, 0.3) is 0 Å². The first-order valence-electron chi connectivity index (χ1n) is 12.6. The molecule has 0 spiro atoms. The van der Waals surface area contributed by atoms with Crippen molar-refractivity contribution in [3.8, 4) is 5.75 Å². The summed E-state index contributed by atoms with van der Waals surface area (Å²) in [6.45, 7) is 4.83. The van der Waals surface area contributed by atoms with Crippen molar-refractivity contribution >= 4 is 0 Å². The lowest BCUT2D eigenvalue weighted by Gasteiger charge is -2.43. The van der Waals surface area contributed by atoms with Crippen molar-refractivity contribution in [2.45, 2.75) is 75.7 Å². The normalized spacial score (nSPS) is 21.7. The van der Waals surface area contributed by atoms with Gasteiger partial charge in [-0.1, -0.05) is 68.7 Å². The zero-order valence-electron chi connectivity index (χ0n) is 19.9. The van der Waals surface area contributed by atoms with Gasteiger partial charge in [0.2, 0.25) is 0 Å². The monoisotopic (exact) mass is 475 g/mol. The molecule has 1 saturated carbocycles. The van der Waals surface area contributed by atoms with Crippen LogP contribution in [0.2, 0.25) is 0 Å². The molecular formula is C28H36F3NO2. The number of hydrogen-bond acceptors (Lipinski definition) is 3. The van der Waals surface area contributed by atoms with E-state index in [0.717, 1.165) is 50.8 Å². The summed E-state index contributed by atoms with van der Waals surface area (Å²) in [6.07, 6.45) is 1.79. The maximum atomic E-state index is 12.8. The average molecular weight is 476 g/mol. The van der Waals surface area contributed by atoms with Crippen LogP contribution in [0, 0.1) is 5.92 Å². The molecule has 0 aromatic heterocycles. The summed E-state index contributed by atoms with van der Waals surface area (Å²) in [7, 11) is 0. The topological polar surface area (TPSA) is 32.7 Å². The first-order chi connectivity index (χ1) is 16.2. The Morgan fingerprint density at radius 2 is 1.62 bits per heavy atom. The van der Waals surface area contributed by atoms with Gasteiger partial charge in [0.05, 0.1) is 5.60 Å². The van der Waals surface area contributed by atoms with E-state index in [2.05, 4.69) is 40.8 Å². The van der Waals surface area contributed by atoms with Crippen LogP contribution < -0.4 is 4.74 Å². The molecule has 2 aromatic rings. The van der Waals surface area contributed by atoms with Crippen LogP contribution in [0.5, 0.6) is 5.75 Å². The van der Waals surface area contributed by atoms with Gasteiger partial charge in [-0.2, -0.15) is 0 Å². The van der Waals surface area contributed by atoms with E-state index >= 15 is 0 Å². The lowest BCUT2D eigenvalue weighted by molar-refractivity contribution is -0.274. The molecule has 0 amide bonds. The van der Waals surface area contributed by atoms with E-state index in [1.807, 2.05) is 12.1 Å². The summed E-state index contributed by atoms with van der Waals surface area (Å²) in [5, 5.41) is 11.6. The third kappa shape index (κ3) is 6.33. The molecule has 186 valence electrons. The molecule has 1 saturated heterocycles. The number of benzene rings is 2. The minimum Gasteiger partial charge on any atom is -0.406 e. The Morgan fingerprint density at radius 1 is 0.971 bits per heavy atom. The van der Waals surface area contributed by atoms with E-state index in [0.29, 0.717) is 31.2 Å².